The van der Waals surface area contributed by atoms with Crippen LogP contribution in [-0.2, 0) is 11.3 Å². The van der Waals surface area contributed by atoms with Crippen molar-refractivity contribution in [1.82, 2.24) is 24.1 Å². The Kier molecular flexibility index (Phi) is 6.64. The van der Waals surface area contributed by atoms with Crippen molar-refractivity contribution in [1.29, 1.82) is 0 Å². The number of furan rings is 1. The van der Waals surface area contributed by atoms with Crippen LogP contribution < -0.4 is 20.2 Å². The molecule has 0 spiro atoms. The van der Waals surface area contributed by atoms with Crippen molar-refractivity contribution in [2.75, 3.05) is 43.4 Å². The van der Waals surface area contributed by atoms with Gasteiger partial charge < -0.3 is 24.9 Å². The number of nitrogens with two attached hydrogens (primary N) is 1. The van der Waals surface area contributed by atoms with Gasteiger partial charge in [0.2, 0.25) is 5.95 Å². The molecule has 12 nitrogen and oxygen atoms in total. The Morgan fingerprint density at radius 2 is 2.02 bits per heavy atom. The van der Waals surface area contributed by atoms with E-state index in [9.17, 15) is 14.0 Å². The van der Waals surface area contributed by atoms with Crippen LogP contribution in [-0.4, -0.2) is 74.0 Å². The molecule has 1 atom stereocenters. The van der Waals surface area contributed by atoms with Gasteiger partial charge in [0, 0.05) is 45.3 Å². The maximum atomic E-state index is 14.8. The lowest BCUT2D eigenvalue weighted by molar-refractivity contribution is -0.144. The third-order valence-corrected chi connectivity index (χ3v) is 7.95. The summed E-state index contributed by atoms with van der Waals surface area (Å²) in [5.41, 5.74) is 8.46. The van der Waals surface area contributed by atoms with E-state index >= 15 is 0 Å². The van der Waals surface area contributed by atoms with E-state index < -0.39 is 17.9 Å². The minimum atomic E-state index is -1.12. The predicted molar refractivity (Wildman–Crippen MR) is 148 cm³/mol. The lowest BCUT2D eigenvalue weighted by atomic mass is 10.2. The van der Waals surface area contributed by atoms with Gasteiger partial charge in [0.1, 0.15) is 22.0 Å². The SMILES string of the molecule is C[C@@H](Oc1ccc(N2CCN(CCn3c(=O)sc4c3nc(N)n3nc(-c5ccco5)cc43)CC2)c(F)c1)C(=O)O. The molecule has 6 rings (SSSR count). The number of benzene rings is 1. The number of anilines is 2. The van der Waals surface area contributed by atoms with E-state index in [2.05, 4.69) is 15.0 Å². The lowest BCUT2D eigenvalue weighted by Gasteiger charge is -2.36. The summed E-state index contributed by atoms with van der Waals surface area (Å²) in [6.07, 6.45) is 0.497. The minimum Gasteiger partial charge on any atom is -0.479 e. The Bertz CT molecular complexity index is 1750. The van der Waals surface area contributed by atoms with Crippen molar-refractivity contribution < 1.29 is 23.4 Å². The summed E-state index contributed by atoms with van der Waals surface area (Å²) < 4.78 is 29.4. The standard InChI is InChI=1S/C26H26FN7O5S/c1-15(24(35)36)39-16-4-5-19(17(27)13-16)32-9-6-31(7-10-32)8-11-33-23-22(40-26(33)37)20-14-18(21-3-2-12-38-21)30-34(20)25(28)29-23/h2-5,12-15H,6-11H2,1H3,(H2,28,29)(H,35,36)/t15-/m1/s1. The van der Waals surface area contributed by atoms with E-state index in [0.29, 0.717) is 72.3 Å². The molecule has 40 heavy (non-hydrogen) atoms. The number of thiazole rings is 1. The Labute approximate surface area is 230 Å². The van der Waals surface area contributed by atoms with Gasteiger partial charge in [0.25, 0.3) is 0 Å². The summed E-state index contributed by atoms with van der Waals surface area (Å²) in [5.74, 6) is -0.643. The first kappa shape index (κ1) is 25.8. The molecule has 0 aliphatic carbocycles. The zero-order chi connectivity index (χ0) is 28.0. The number of carboxylic acid groups (broad SMARTS) is 1. The molecule has 0 unspecified atom stereocenters. The zero-order valence-corrected chi connectivity index (χ0v) is 22.3. The number of fused-ring (bicyclic) bond motifs is 3. The third kappa shape index (κ3) is 4.75. The second-order valence-corrected chi connectivity index (χ2v) is 10.4. The van der Waals surface area contributed by atoms with E-state index in [0.717, 1.165) is 11.3 Å². The van der Waals surface area contributed by atoms with Gasteiger partial charge in [-0.25, -0.2) is 9.18 Å². The van der Waals surface area contributed by atoms with Gasteiger partial charge in [-0.2, -0.15) is 14.6 Å². The highest BCUT2D eigenvalue weighted by molar-refractivity contribution is 7.17. The first-order valence-electron chi connectivity index (χ1n) is 12.7. The molecule has 208 valence electrons. The molecule has 1 aromatic carbocycles. The van der Waals surface area contributed by atoms with Crippen LogP contribution in [0, 0.1) is 5.82 Å². The van der Waals surface area contributed by atoms with E-state index in [4.69, 9.17) is 20.0 Å². The molecule has 3 N–H and O–H groups in total. The van der Waals surface area contributed by atoms with Crippen LogP contribution in [0.5, 0.6) is 5.75 Å². The Balaban J connectivity index is 1.13. The molecule has 1 aliphatic rings. The number of rotatable bonds is 8. The highest BCUT2D eigenvalue weighted by Crippen LogP contribution is 2.29. The molecule has 5 heterocycles. The average Bonchev–Trinajstić information content (AvgIpc) is 3.67. The molecule has 1 aliphatic heterocycles. The van der Waals surface area contributed by atoms with Crippen molar-refractivity contribution in [2.45, 2.75) is 19.6 Å². The van der Waals surface area contributed by atoms with Gasteiger partial charge in [-0.3, -0.25) is 14.3 Å². The monoisotopic (exact) mass is 567 g/mol. The fraction of sp³-hybridized carbons (Fsp3) is 0.308. The normalized spacial score (nSPS) is 15.2. The van der Waals surface area contributed by atoms with Crippen molar-refractivity contribution in [3.8, 4) is 17.2 Å². The van der Waals surface area contributed by atoms with Crippen LogP contribution >= 0.6 is 11.3 Å². The molecule has 14 heteroatoms. The lowest BCUT2D eigenvalue weighted by Crippen LogP contribution is -2.47. The van der Waals surface area contributed by atoms with E-state index in [1.165, 1.54) is 17.5 Å². The number of halogens is 1. The van der Waals surface area contributed by atoms with Crippen molar-refractivity contribution in [3.05, 3.63) is 58.1 Å². The molecule has 5 aromatic rings. The van der Waals surface area contributed by atoms with Crippen molar-refractivity contribution >= 4 is 44.8 Å². The second-order valence-electron chi connectivity index (χ2n) is 9.49. The van der Waals surface area contributed by atoms with Crippen LogP contribution in [0.1, 0.15) is 6.92 Å². The molecule has 0 radical (unpaired) electrons. The van der Waals surface area contributed by atoms with Crippen LogP contribution in [0.2, 0.25) is 0 Å². The number of piperazine rings is 1. The van der Waals surface area contributed by atoms with Gasteiger partial charge in [-0.05, 0) is 37.3 Å². The molecule has 1 fully saturated rings. The van der Waals surface area contributed by atoms with Gasteiger partial charge in [-0.15, -0.1) is 0 Å². The summed E-state index contributed by atoms with van der Waals surface area (Å²) in [6, 6.07) is 9.81. The number of nitrogen functional groups attached to an aromatic ring is 1. The summed E-state index contributed by atoms with van der Waals surface area (Å²) in [4.78, 5) is 32.5. The largest absolute Gasteiger partial charge is 0.479 e. The summed E-state index contributed by atoms with van der Waals surface area (Å²) in [5, 5.41) is 13.5. The fourth-order valence-electron chi connectivity index (χ4n) is 4.82. The first-order valence-corrected chi connectivity index (χ1v) is 13.5. The highest BCUT2D eigenvalue weighted by atomic mass is 32.1. The van der Waals surface area contributed by atoms with Crippen LogP contribution in [0.15, 0.2) is 51.9 Å². The molecule has 0 bridgehead atoms. The highest BCUT2D eigenvalue weighted by Gasteiger charge is 2.22. The molecule has 4 aromatic heterocycles. The summed E-state index contributed by atoms with van der Waals surface area (Å²) in [7, 11) is 0. The number of carboxylic acids is 1. The topological polar surface area (TPSA) is 144 Å². The van der Waals surface area contributed by atoms with Gasteiger partial charge >= 0.3 is 10.8 Å². The van der Waals surface area contributed by atoms with E-state index in [1.54, 1.807) is 35.1 Å². The molecule has 1 saturated heterocycles. The van der Waals surface area contributed by atoms with E-state index in [1.807, 2.05) is 11.0 Å². The zero-order valence-electron chi connectivity index (χ0n) is 21.5. The number of hydrogen-bond donors (Lipinski definition) is 2. The number of hydrogen-bond acceptors (Lipinski definition) is 10. The smallest absolute Gasteiger partial charge is 0.344 e. The first-order chi connectivity index (χ1) is 19.3. The molecule has 0 saturated carbocycles. The number of aliphatic carboxylic acids is 1. The molecular formula is C26H26FN7O5S. The van der Waals surface area contributed by atoms with Crippen molar-refractivity contribution in [3.63, 3.8) is 0 Å². The van der Waals surface area contributed by atoms with Crippen LogP contribution in [0.4, 0.5) is 16.0 Å². The average molecular weight is 568 g/mol. The van der Waals surface area contributed by atoms with Gasteiger partial charge in [0.05, 0.1) is 17.5 Å². The Morgan fingerprint density at radius 1 is 1.23 bits per heavy atom. The third-order valence-electron chi connectivity index (χ3n) is 6.95. The maximum Gasteiger partial charge on any atom is 0.344 e. The summed E-state index contributed by atoms with van der Waals surface area (Å²) >= 11 is 1.11. The summed E-state index contributed by atoms with van der Waals surface area (Å²) in [6.45, 7) is 4.99. The van der Waals surface area contributed by atoms with Gasteiger partial charge in [0.15, 0.2) is 17.5 Å². The second kappa shape index (κ2) is 10.3. The fourth-order valence-corrected chi connectivity index (χ4v) is 5.78. The minimum absolute atomic E-state index is 0.129. The van der Waals surface area contributed by atoms with E-state index in [-0.39, 0.29) is 16.6 Å². The van der Waals surface area contributed by atoms with Crippen LogP contribution in [0.3, 0.4) is 0 Å². The van der Waals surface area contributed by atoms with Gasteiger partial charge in [-0.1, -0.05) is 11.3 Å². The maximum absolute atomic E-state index is 14.8. The van der Waals surface area contributed by atoms with Crippen molar-refractivity contribution in [2.24, 2.45) is 0 Å². The predicted octanol–water partition coefficient (Wildman–Crippen LogP) is 2.76. The number of carbonyl (C=O) groups is 1. The Hall–Kier alpha value is -4.43. The molecular weight excluding hydrogens is 541 g/mol. The number of aromatic nitrogens is 4. The van der Waals surface area contributed by atoms with Crippen LogP contribution in [0.25, 0.3) is 27.3 Å². The number of nitrogens with zero attached hydrogens (tertiary/aromatic N) is 6. The molecule has 0 amide bonds. The quantitative estimate of drug-likeness (QED) is 0.287. The Morgan fingerprint density at radius 3 is 2.73 bits per heavy atom. The number of ether oxygens (including phenoxy) is 1.